The van der Waals surface area contributed by atoms with Crippen LogP contribution in [0, 0.1) is 0 Å². The lowest BCUT2D eigenvalue weighted by Gasteiger charge is -2.18. The molecule has 1 unspecified atom stereocenters. The molecule has 0 amide bonds. The van der Waals surface area contributed by atoms with Gasteiger partial charge in [0.15, 0.2) is 6.10 Å². The van der Waals surface area contributed by atoms with Crippen molar-refractivity contribution in [3.8, 4) is 0 Å². The van der Waals surface area contributed by atoms with Crippen molar-refractivity contribution in [1.29, 1.82) is 0 Å². The van der Waals surface area contributed by atoms with E-state index >= 15 is 0 Å². The maximum Gasteiger partial charge on any atom is 0.306 e. The summed E-state index contributed by atoms with van der Waals surface area (Å²) >= 11 is 0. The van der Waals surface area contributed by atoms with Crippen molar-refractivity contribution in [1.82, 2.24) is 0 Å². The van der Waals surface area contributed by atoms with Crippen LogP contribution in [0.25, 0.3) is 0 Å². The van der Waals surface area contributed by atoms with Gasteiger partial charge in [0, 0.05) is 19.4 Å². The molecule has 0 rings (SSSR count). The molecule has 1 atom stereocenters. The third-order valence-electron chi connectivity index (χ3n) is 12.1. The summed E-state index contributed by atoms with van der Waals surface area (Å²) in [6.07, 6.45) is 64.4. The normalized spacial score (nSPS) is 12.4. The van der Waals surface area contributed by atoms with Gasteiger partial charge in [0.2, 0.25) is 0 Å². The van der Waals surface area contributed by atoms with Crippen molar-refractivity contribution in [3.63, 3.8) is 0 Å². The van der Waals surface area contributed by atoms with Crippen LogP contribution in [-0.4, -0.2) is 37.9 Å². The fourth-order valence-corrected chi connectivity index (χ4v) is 7.97. The van der Waals surface area contributed by atoms with E-state index in [1.165, 1.54) is 193 Å². The standard InChI is InChI=1S/C57H106O5/c1-4-7-10-13-16-19-22-25-28-31-34-37-40-43-46-49-52-60-53-55(62-57(59)51-48-45-42-39-36-33-30-27-24-21-18-15-12-9-6-3)54-61-56(58)50-47-44-41-38-35-32-29-26-23-20-17-14-11-8-5-2/h25-30,55H,4-24,31-54H2,1-3H3/b28-25-,29-26-,30-27-. The molecular weight excluding hydrogens is 765 g/mol. The molecule has 5 heteroatoms. The van der Waals surface area contributed by atoms with Crippen LogP contribution in [0.4, 0.5) is 0 Å². The van der Waals surface area contributed by atoms with Gasteiger partial charge < -0.3 is 14.2 Å². The van der Waals surface area contributed by atoms with Gasteiger partial charge in [0.25, 0.3) is 0 Å². The maximum atomic E-state index is 12.8. The van der Waals surface area contributed by atoms with Gasteiger partial charge in [0.1, 0.15) is 6.61 Å². The molecule has 0 aromatic carbocycles. The zero-order chi connectivity index (χ0) is 44.9. The van der Waals surface area contributed by atoms with E-state index in [0.717, 1.165) is 64.2 Å². The van der Waals surface area contributed by atoms with E-state index in [1.807, 2.05) is 0 Å². The molecule has 0 aromatic rings. The lowest BCUT2D eigenvalue weighted by Crippen LogP contribution is -2.30. The Kier molecular flexibility index (Phi) is 51.8. The number of carbonyl (C=O) groups is 2. The largest absolute Gasteiger partial charge is 0.462 e. The summed E-state index contributed by atoms with van der Waals surface area (Å²) in [6, 6.07) is 0. The third kappa shape index (κ3) is 50.8. The number of rotatable bonds is 51. The van der Waals surface area contributed by atoms with E-state index in [2.05, 4.69) is 57.2 Å². The number of ether oxygens (including phenoxy) is 3. The van der Waals surface area contributed by atoms with Crippen LogP contribution in [0.5, 0.6) is 0 Å². The summed E-state index contributed by atoms with van der Waals surface area (Å²) in [5.41, 5.74) is 0. The SMILES string of the molecule is CCCCCCCC/C=C\CCCCCCCCOCC(COC(=O)CCCCCCC/C=C\CCCCCCCC)OC(=O)CCCCCCC/C=C\CCCCCCCC. The summed E-state index contributed by atoms with van der Waals surface area (Å²) in [5.74, 6) is -0.406. The number of esters is 2. The Bertz CT molecular complexity index is 986. The monoisotopic (exact) mass is 871 g/mol. The summed E-state index contributed by atoms with van der Waals surface area (Å²) in [4.78, 5) is 25.4. The molecule has 0 aromatic heterocycles. The Morgan fingerprint density at radius 1 is 0.339 bits per heavy atom. The van der Waals surface area contributed by atoms with Gasteiger partial charge in [-0.2, -0.15) is 0 Å². The van der Waals surface area contributed by atoms with Crippen LogP contribution in [0.1, 0.15) is 290 Å². The summed E-state index contributed by atoms with van der Waals surface area (Å²) < 4.78 is 17.4. The van der Waals surface area contributed by atoms with Gasteiger partial charge in [-0.25, -0.2) is 0 Å². The Balaban J connectivity index is 4.28. The highest BCUT2D eigenvalue weighted by Crippen LogP contribution is 2.14. The van der Waals surface area contributed by atoms with Crippen molar-refractivity contribution in [2.24, 2.45) is 0 Å². The van der Waals surface area contributed by atoms with Crippen molar-refractivity contribution >= 4 is 11.9 Å². The molecule has 364 valence electrons. The Labute approximate surface area is 387 Å². The second kappa shape index (κ2) is 53.5. The first-order valence-electron chi connectivity index (χ1n) is 27.5. The minimum atomic E-state index is -0.544. The number of allylic oxidation sites excluding steroid dienone is 6. The summed E-state index contributed by atoms with van der Waals surface area (Å²) in [7, 11) is 0. The molecule has 0 saturated heterocycles. The van der Waals surface area contributed by atoms with Crippen molar-refractivity contribution in [3.05, 3.63) is 36.5 Å². The Morgan fingerprint density at radius 2 is 0.629 bits per heavy atom. The third-order valence-corrected chi connectivity index (χ3v) is 12.1. The topological polar surface area (TPSA) is 61.8 Å². The molecule has 0 heterocycles. The highest BCUT2D eigenvalue weighted by atomic mass is 16.6. The van der Waals surface area contributed by atoms with Gasteiger partial charge >= 0.3 is 11.9 Å². The molecule has 0 radical (unpaired) electrons. The summed E-state index contributed by atoms with van der Waals surface area (Å²) in [5, 5.41) is 0. The molecule has 0 saturated carbocycles. The number of hydrogen-bond acceptors (Lipinski definition) is 5. The molecule has 0 fully saturated rings. The predicted molar refractivity (Wildman–Crippen MR) is 270 cm³/mol. The highest BCUT2D eigenvalue weighted by molar-refractivity contribution is 5.70. The molecule has 0 aliphatic rings. The molecule has 0 bridgehead atoms. The fourth-order valence-electron chi connectivity index (χ4n) is 7.97. The van der Waals surface area contributed by atoms with Gasteiger partial charge in [-0.1, -0.05) is 218 Å². The quantitative estimate of drug-likeness (QED) is 0.0346. The molecule has 0 N–H and O–H groups in total. The number of unbranched alkanes of at least 4 members (excludes halogenated alkanes) is 34. The van der Waals surface area contributed by atoms with Crippen LogP contribution < -0.4 is 0 Å². The van der Waals surface area contributed by atoms with Crippen LogP contribution >= 0.6 is 0 Å². The van der Waals surface area contributed by atoms with Crippen LogP contribution in [0.15, 0.2) is 36.5 Å². The smallest absolute Gasteiger partial charge is 0.306 e. The summed E-state index contributed by atoms with van der Waals surface area (Å²) in [6.45, 7) is 7.83. The van der Waals surface area contributed by atoms with Gasteiger partial charge in [-0.3, -0.25) is 9.59 Å². The van der Waals surface area contributed by atoms with Gasteiger partial charge in [0.05, 0.1) is 6.61 Å². The van der Waals surface area contributed by atoms with E-state index < -0.39 is 6.10 Å². The van der Waals surface area contributed by atoms with Gasteiger partial charge in [-0.15, -0.1) is 0 Å². The zero-order valence-corrected chi connectivity index (χ0v) is 41.9. The molecule has 5 nitrogen and oxygen atoms in total. The van der Waals surface area contributed by atoms with Crippen molar-refractivity contribution in [2.75, 3.05) is 19.8 Å². The molecule has 0 aliphatic carbocycles. The first-order valence-corrected chi connectivity index (χ1v) is 27.5. The molecule has 0 spiro atoms. The van der Waals surface area contributed by atoms with Crippen LogP contribution in [-0.2, 0) is 23.8 Å². The fraction of sp³-hybridized carbons (Fsp3) is 0.860. The lowest BCUT2D eigenvalue weighted by atomic mass is 10.1. The van der Waals surface area contributed by atoms with E-state index in [0.29, 0.717) is 19.4 Å². The lowest BCUT2D eigenvalue weighted by molar-refractivity contribution is -0.163. The van der Waals surface area contributed by atoms with E-state index in [9.17, 15) is 9.59 Å². The minimum Gasteiger partial charge on any atom is -0.462 e. The molecular formula is C57H106O5. The van der Waals surface area contributed by atoms with E-state index in [1.54, 1.807) is 0 Å². The first-order chi connectivity index (χ1) is 30.6. The number of carbonyl (C=O) groups excluding carboxylic acids is 2. The average molecular weight is 871 g/mol. The second-order valence-corrected chi connectivity index (χ2v) is 18.5. The minimum absolute atomic E-state index is 0.0788. The molecule has 0 aliphatic heterocycles. The Morgan fingerprint density at radius 3 is 0.984 bits per heavy atom. The molecule has 62 heavy (non-hydrogen) atoms. The zero-order valence-electron chi connectivity index (χ0n) is 41.9. The number of hydrogen-bond donors (Lipinski definition) is 0. The van der Waals surface area contributed by atoms with Crippen molar-refractivity contribution < 1.29 is 23.8 Å². The van der Waals surface area contributed by atoms with Crippen LogP contribution in [0.2, 0.25) is 0 Å². The predicted octanol–water partition coefficient (Wildman–Crippen LogP) is 18.6. The maximum absolute atomic E-state index is 12.8. The second-order valence-electron chi connectivity index (χ2n) is 18.5. The van der Waals surface area contributed by atoms with Gasteiger partial charge in [-0.05, 0) is 96.3 Å². The van der Waals surface area contributed by atoms with Crippen molar-refractivity contribution in [2.45, 2.75) is 297 Å². The Hall–Kier alpha value is -1.88. The average Bonchev–Trinajstić information content (AvgIpc) is 3.27. The van der Waals surface area contributed by atoms with E-state index in [-0.39, 0.29) is 25.2 Å². The first kappa shape index (κ1) is 60.1. The van der Waals surface area contributed by atoms with Crippen LogP contribution in [0.3, 0.4) is 0 Å². The highest BCUT2D eigenvalue weighted by Gasteiger charge is 2.17. The van der Waals surface area contributed by atoms with E-state index in [4.69, 9.17) is 14.2 Å².